The lowest BCUT2D eigenvalue weighted by Gasteiger charge is -2.20. The average molecular weight is 505 g/mol. The molecule has 0 fully saturated rings. The number of rotatable bonds is 10. The van der Waals surface area contributed by atoms with Crippen LogP contribution in [0.5, 0.6) is 0 Å². The van der Waals surface area contributed by atoms with Gasteiger partial charge in [0.2, 0.25) is 0 Å². The van der Waals surface area contributed by atoms with Crippen molar-refractivity contribution >= 4 is 29.1 Å². The van der Waals surface area contributed by atoms with Crippen LogP contribution in [0.3, 0.4) is 0 Å². The van der Waals surface area contributed by atoms with Crippen LogP contribution >= 0.6 is 11.6 Å². The number of nitrogens with one attached hydrogen (secondary N) is 2. The van der Waals surface area contributed by atoms with Crippen LogP contribution in [-0.4, -0.2) is 37.1 Å². The number of hydrogen-bond acceptors (Lipinski definition) is 6. The van der Waals surface area contributed by atoms with E-state index in [9.17, 15) is 9.90 Å². The molecule has 36 heavy (non-hydrogen) atoms. The molecule has 9 heteroatoms. The van der Waals surface area contributed by atoms with Crippen LogP contribution in [0.25, 0.3) is 5.69 Å². The van der Waals surface area contributed by atoms with E-state index in [-0.39, 0.29) is 0 Å². The zero-order valence-electron chi connectivity index (χ0n) is 20.5. The minimum atomic E-state index is -0.910. The summed E-state index contributed by atoms with van der Waals surface area (Å²) in [7, 11) is 0. The van der Waals surface area contributed by atoms with E-state index >= 15 is 0 Å². The predicted molar refractivity (Wildman–Crippen MR) is 142 cm³/mol. The third-order valence-electron chi connectivity index (χ3n) is 5.93. The Balaban J connectivity index is 1.42. The van der Waals surface area contributed by atoms with E-state index in [2.05, 4.69) is 25.9 Å². The van der Waals surface area contributed by atoms with Crippen molar-refractivity contribution in [3.63, 3.8) is 0 Å². The second-order valence-electron chi connectivity index (χ2n) is 8.74. The summed E-state index contributed by atoms with van der Waals surface area (Å²) in [5.41, 5.74) is 6.40. The topological polar surface area (TPSA) is 105 Å². The van der Waals surface area contributed by atoms with Crippen LogP contribution in [0.2, 0.25) is 5.02 Å². The smallest absolute Gasteiger partial charge is 0.326 e. The molecule has 4 aromatic rings. The summed E-state index contributed by atoms with van der Waals surface area (Å²) in [5, 5.41) is 25.4. The summed E-state index contributed by atoms with van der Waals surface area (Å²) >= 11 is 6.19. The van der Waals surface area contributed by atoms with Crippen molar-refractivity contribution in [1.82, 2.24) is 20.0 Å². The van der Waals surface area contributed by atoms with Gasteiger partial charge in [-0.25, -0.2) is 14.5 Å². The monoisotopic (exact) mass is 504 g/mol. The largest absolute Gasteiger partial charge is 0.480 e. The number of aromatic nitrogens is 4. The third-order valence-corrected chi connectivity index (χ3v) is 6.15. The molecule has 1 atom stereocenters. The van der Waals surface area contributed by atoms with Crippen LogP contribution in [-0.2, 0) is 24.2 Å². The summed E-state index contributed by atoms with van der Waals surface area (Å²) in [6.07, 6.45) is 4.70. The van der Waals surface area contributed by atoms with Crippen LogP contribution in [0, 0.1) is 13.8 Å². The normalized spacial score (nSPS) is 11.8. The Kier molecular flexibility index (Phi) is 7.85. The fraction of sp³-hybridized carbons (Fsp3) is 0.259. The average Bonchev–Trinajstić information content (AvgIpc) is 3.33. The molecular weight excluding hydrogens is 476 g/mol. The van der Waals surface area contributed by atoms with E-state index in [0.717, 1.165) is 51.6 Å². The molecule has 0 saturated heterocycles. The number of carboxylic acid groups (broad SMARTS) is 1. The van der Waals surface area contributed by atoms with Gasteiger partial charge in [0.1, 0.15) is 17.6 Å². The molecule has 0 aliphatic carbocycles. The molecule has 8 nitrogen and oxygen atoms in total. The second kappa shape index (κ2) is 11.2. The maximum absolute atomic E-state index is 12.0. The fourth-order valence-corrected chi connectivity index (χ4v) is 4.31. The first kappa shape index (κ1) is 25.2. The fourth-order valence-electron chi connectivity index (χ4n) is 4.01. The zero-order valence-corrected chi connectivity index (χ0v) is 21.3. The molecule has 2 heterocycles. The standard InChI is InChI=1S/C27H29ClN6O2/c1-4-20-14-21(28)12-18(3)26(20)31-24(27(35)36)13-19-5-7-23(8-6-19)34-16-22(32-33-34)15-30-25-11-17(2)9-10-29-25/h5-12,14,16,24,31H,4,13,15H2,1-3H3,(H,29,30)(H,35,36). The van der Waals surface area contributed by atoms with Gasteiger partial charge in [0.05, 0.1) is 18.4 Å². The van der Waals surface area contributed by atoms with E-state index in [1.807, 2.05) is 75.5 Å². The number of benzene rings is 2. The first-order valence-corrected chi connectivity index (χ1v) is 12.2. The number of halogens is 1. The Morgan fingerprint density at radius 2 is 1.92 bits per heavy atom. The Bertz CT molecular complexity index is 1350. The summed E-state index contributed by atoms with van der Waals surface area (Å²) in [6, 6.07) is 14.5. The van der Waals surface area contributed by atoms with Gasteiger partial charge in [0.15, 0.2) is 0 Å². The van der Waals surface area contributed by atoms with Crippen molar-refractivity contribution in [2.24, 2.45) is 0 Å². The van der Waals surface area contributed by atoms with Crippen LogP contribution in [0.1, 0.15) is 34.9 Å². The quantitative estimate of drug-likeness (QED) is 0.272. The van der Waals surface area contributed by atoms with Gasteiger partial charge in [-0.05, 0) is 78.9 Å². The number of carbonyl (C=O) groups is 1. The molecule has 0 bridgehead atoms. The number of nitrogens with zero attached hydrogens (tertiary/aromatic N) is 4. The van der Waals surface area contributed by atoms with Crippen molar-refractivity contribution in [3.05, 3.63) is 93.9 Å². The maximum atomic E-state index is 12.0. The lowest BCUT2D eigenvalue weighted by molar-refractivity contribution is -0.137. The number of anilines is 2. The molecule has 0 aliphatic heterocycles. The molecule has 0 saturated carbocycles. The van der Waals surface area contributed by atoms with E-state index in [4.69, 9.17) is 11.6 Å². The Morgan fingerprint density at radius 3 is 2.61 bits per heavy atom. The first-order chi connectivity index (χ1) is 17.3. The van der Waals surface area contributed by atoms with Crippen LogP contribution in [0.15, 0.2) is 60.9 Å². The summed E-state index contributed by atoms with van der Waals surface area (Å²) < 4.78 is 1.70. The highest BCUT2D eigenvalue weighted by molar-refractivity contribution is 6.30. The van der Waals surface area contributed by atoms with Gasteiger partial charge in [-0.2, -0.15) is 0 Å². The molecule has 0 amide bonds. The number of pyridine rings is 1. The van der Waals surface area contributed by atoms with Gasteiger partial charge in [-0.15, -0.1) is 5.10 Å². The minimum Gasteiger partial charge on any atom is -0.480 e. The Hall–Kier alpha value is -3.91. The number of carboxylic acids is 1. The van der Waals surface area contributed by atoms with Crippen LogP contribution in [0.4, 0.5) is 11.5 Å². The van der Waals surface area contributed by atoms with Gasteiger partial charge >= 0.3 is 5.97 Å². The number of aryl methyl sites for hydroxylation is 3. The van der Waals surface area contributed by atoms with Gasteiger partial charge in [0, 0.05) is 23.3 Å². The minimum absolute atomic E-state index is 0.330. The van der Waals surface area contributed by atoms with Gasteiger partial charge in [-0.3, -0.25) is 0 Å². The molecular formula is C27H29ClN6O2. The Labute approximate surface area is 215 Å². The van der Waals surface area contributed by atoms with Gasteiger partial charge in [-0.1, -0.05) is 35.9 Å². The van der Waals surface area contributed by atoms with Gasteiger partial charge < -0.3 is 15.7 Å². The van der Waals surface area contributed by atoms with Crippen LogP contribution < -0.4 is 10.6 Å². The SMILES string of the molecule is CCc1cc(Cl)cc(C)c1NC(Cc1ccc(-n2cc(CNc3cc(C)ccn3)nn2)cc1)C(=O)O. The van der Waals surface area contributed by atoms with E-state index in [1.54, 1.807) is 10.9 Å². The predicted octanol–water partition coefficient (Wildman–Crippen LogP) is 5.21. The molecule has 0 radical (unpaired) electrons. The van der Waals surface area contributed by atoms with E-state index < -0.39 is 12.0 Å². The molecule has 0 spiro atoms. The summed E-state index contributed by atoms with van der Waals surface area (Å²) in [5.74, 6) is -0.123. The van der Waals surface area contributed by atoms with Crippen molar-refractivity contribution in [1.29, 1.82) is 0 Å². The lowest BCUT2D eigenvalue weighted by Crippen LogP contribution is -2.32. The van der Waals surface area contributed by atoms with E-state index in [1.165, 1.54) is 0 Å². The second-order valence-corrected chi connectivity index (χ2v) is 9.18. The van der Waals surface area contributed by atoms with Gasteiger partial charge in [0.25, 0.3) is 0 Å². The van der Waals surface area contributed by atoms with E-state index in [0.29, 0.717) is 18.0 Å². The molecule has 186 valence electrons. The van der Waals surface area contributed by atoms with Crippen molar-refractivity contribution in [2.75, 3.05) is 10.6 Å². The zero-order chi connectivity index (χ0) is 25.7. The first-order valence-electron chi connectivity index (χ1n) is 11.8. The molecule has 2 aromatic carbocycles. The summed E-state index contributed by atoms with van der Waals surface area (Å²) in [6.45, 7) is 6.48. The molecule has 2 aromatic heterocycles. The highest BCUT2D eigenvalue weighted by Gasteiger charge is 2.20. The Morgan fingerprint density at radius 1 is 1.14 bits per heavy atom. The molecule has 4 rings (SSSR count). The summed E-state index contributed by atoms with van der Waals surface area (Å²) in [4.78, 5) is 16.3. The number of hydrogen-bond donors (Lipinski definition) is 3. The highest BCUT2D eigenvalue weighted by Crippen LogP contribution is 2.27. The van der Waals surface area contributed by atoms with Crippen molar-refractivity contribution < 1.29 is 9.90 Å². The lowest BCUT2D eigenvalue weighted by atomic mass is 10.0. The molecule has 1 unspecified atom stereocenters. The molecule has 0 aliphatic rings. The van der Waals surface area contributed by atoms with Crippen molar-refractivity contribution in [3.8, 4) is 5.69 Å². The highest BCUT2D eigenvalue weighted by atomic mass is 35.5. The number of aliphatic carboxylic acids is 1. The molecule has 3 N–H and O–H groups in total. The van der Waals surface area contributed by atoms with Crippen molar-refractivity contribution in [2.45, 2.75) is 46.2 Å². The maximum Gasteiger partial charge on any atom is 0.326 e. The third kappa shape index (κ3) is 6.20.